The maximum Gasteiger partial charge on any atom is 0.297 e. The van der Waals surface area contributed by atoms with Gasteiger partial charge in [0.15, 0.2) is 33.0 Å². The second kappa shape index (κ2) is 8.78. The van der Waals surface area contributed by atoms with Gasteiger partial charge >= 0.3 is 0 Å². The first kappa shape index (κ1) is 23.0. The standard InChI is InChI=1S/C24H14N8O6S2/c33-21-13(5-11-1-3-15-17(7-11)37-9-35-15)25-27-23-31(21)29-19(39-23)20-30-32-22(34)14(26-28-24(32)40-20)6-12-2-4-16-18(8-12)38-10-36-16/h1-4,7-8H,5-6,9-10H2. The molecule has 2 aliphatic heterocycles. The minimum absolute atomic E-state index is 0.166. The van der Waals surface area contributed by atoms with E-state index in [0.29, 0.717) is 42.9 Å². The van der Waals surface area contributed by atoms with E-state index in [2.05, 4.69) is 30.6 Å². The van der Waals surface area contributed by atoms with Crippen molar-refractivity contribution in [2.45, 2.75) is 12.8 Å². The zero-order valence-corrected chi connectivity index (χ0v) is 21.8. The molecule has 6 aromatic rings. The van der Waals surface area contributed by atoms with E-state index in [0.717, 1.165) is 33.8 Å². The lowest BCUT2D eigenvalue weighted by Gasteiger charge is -2.02. The Morgan fingerprint density at radius 3 is 1.55 bits per heavy atom. The monoisotopic (exact) mass is 574 g/mol. The quantitative estimate of drug-likeness (QED) is 0.294. The van der Waals surface area contributed by atoms with Crippen LogP contribution in [0.3, 0.4) is 0 Å². The Bertz CT molecular complexity index is 1950. The molecule has 14 nitrogen and oxygen atoms in total. The van der Waals surface area contributed by atoms with Gasteiger partial charge in [0.25, 0.3) is 11.1 Å². The molecule has 8 rings (SSSR count). The summed E-state index contributed by atoms with van der Waals surface area (Å²) in [5.41, 5.74) is 1.32. The molecular formula is C24H14N8O6S2. The van der Waals surface area contributed by atoms with E-state index in [1.54, 1.807) is 12.1 Å². The summed E-state index contributed by atoms with van der Waals surface area (Å²) in [6.07, 6.45) is 0.493. The van der Waals surface area contributed by atoms with Crippen molar-refractivity contribution in [1.29, 1.82) is 0 Å². The minimum Gasteiger partial charge on any atom is -0.454 e. The Kier molecular flexibility index (Phi) is 5.05. The van der Waals surface area contributed by atoms with Crippen molar-refractivity contribution >= 4 is 32.6 Å². The molecule has 16 heteroatoms. The molecule has 0 bridgehead atoms. The number of rotatable bonds is 5. The number of ether oxygens (including phenoxy) is 4. The van der Waals surface area contributed by atoms with Crippen LogP contribution in [0.1, 0.15) is 22.5 Å². The summed E-state index contributed by atoms with van der Waals surface area (Å²) in [5, 5.41) is 26.3. The van der Waals surface area contributed by atoms with Gasteiger partial charge in [-0.2, -0.15) is 9.03 Å². The summed E-state index contributed by atoms with van der Waals surface area (Å²) in [5.74, 6) is 2.56. The fourth-order valence-corrected chi connectivity index (χ4v) is 6.06. The van der Waals surface area contributed by atoms with Crippen LogP contribution in [0.4, 0.5) is 0 Å². The predicted octanol–water partition coefficient (Wildman–Crippen LogP) is 1.71. The highest BCUT2D eigenvalue weighted by Gasteiger charge is 2.21. The molecular weight excluding hydrogens is 560 g/mol. The Labute approximate surface area is 230 Å². The van der Waals surface area contributed by atoms with Gasteiger partial charge < -0.3 is 18.9 Å². The Morgan fingerprint density at radius 1 is 0.625 bits per heavy atom. The zero-order chi connectivity index (χ0) is 26.8. The molecule has 0 spiro atoms. The van der Waals surface area contributed by atoms with Crippen molar-refractivity contribution in [1.82, 2.24) is 39.6 Å². The Hall–Kier alpha value is -4.96. The topological polar surface area (TPSA) is 157 Å². The maximum atomic E-state index is 13.2. The molecule has 4 aromatic heterocycles. The number of nitrogens with zero attached hydrogens (tertiary/aromatic N) is 8. The summed E-state index contributed by atoms with van der Waals surface area (Å²) in [6.45, 7) is 0.332. The van der Waals surface area contributed by atoms with Gasteiger partial charge in [-0.25, -0.2) is 0 Å². The van der Waals surface area contributed by atoms with Gasteiger partial charge in [0.2, 0.25) is 23.5 Å². The fourth-order valence-electron chi connectivity index (χ4n) is 4.38. The first-order valence-corrected chi connectivity index (χ1v) is 13.5. The van der Waals surface area contributed by atoms with E-state index < -0.39 is 11.1 Å². The van der Waals surface area contributed by atoms with Crippen molar-refractivity contribution in [3.05, 3.63) is 79.6 Å². The average Bonchev–Trinajstić information content (AvgIpc) is 3.76. The maximum absolute atomic E-state index is 13.2. The van der Waals surface area contributed by atoms with Crippen molar-refractivity contribution in [3.63, 3.8) is 0 Å². The van der Waals surface area contributed by atoms with Crippen LogP contribution in [0.2, 0.25) is 0 Å². The van der Waals surface area contributed by atoms with Gasteiger partial charge in [-0.1, -0.05) is 34.8 Å². The van der Waals surface area contributed by atoms with Crippen molar-refractivity contribution in [3.8, 4) is 33.0 Å². The Morgan fingerprint density at radius 2 is 1.07 bits per heavy atom. The lowest BCUT2D eigenvalue weighted by Crippen LogP contribution is -2.22. The van der Waals surface area contributed by atoms with Gasteiger partial charge in [0.1, 0.15) is 11.4 Å². The molecule has 0 fully saturated rings. The summed E-state index contributed by atoms with van der Waals surface area (Å²) in [6, 6.07) is 10.9. The van der Waals surface area contributed by atoms with Crippen LogP contribution >= 0.6 is 22.7 Å². The second-order valence-corrected chi connectivity index (χ2v) is 10.7. The molecule has 0 N–H and O–H groups in total. The molecule has 40 heavy (non-hydrogen) atoms. The van der Waals surface area contributed by atoms with Crippen molar-refractivity contribution < 1.29 is 18.9 Å². The molecule has 0 saturated carbocycles. The average molecular weight is 575 g/mol. The molecule has 2 aliphatic rings. The number of benzene rings is 2. The molecule has 6 heterocycles. The molecule has 2 aromatic carbocycles. The lowest BCUT2D eigenvalue weighted by molar-refractivity contribution is 0.173. The van der Waals surface area contributed by atoms with Gasteiger partial charge in [-0.05, 0) is 35.4 Å². The predicted molar refractivity (Wildman–Crippen MR) is 140 cm³/mol. The molecule has 0 amide bonds. The second-order valence-electron chi connectivity index (χ2n) is 8.84. The fraction of sp³-hybridized carbons (Fsp3) is 0.167. The first-order chi connectivity index (χ1) is 19.6. The SMILES string of the molecule is O=c1c(Cc2ccc3c(c2)OCO3)nnc2sc(-c3nn4c(=O)c(Cc5ccc6c(c5)OCO6)nnc4s3)nn12. The summed E-state index contributed by atoms with van der Waals surface area (Å²) >= 11 is 2.27. The number of hydrogen-bond donors (Lipinski definition) is 0. The smallest absolute Gasteiger partial charge is 0.297 e. The first-order valence-electron chi connectivity index (χ1n) is 11.9. The minimum atomic E-state index is -0.394. The molecule has 0 radical (unpaired) electrons. The highest BCUT2D eigenvalue weighted by Crippen LogP contribution is 2.34. The van der Waals surface area contributed by atoms with E-state index in [4.69, 9.17) is 18.9 Å². The molecule has 198 valence electrons. The molecule has 0 aliphatic carbocycles. The van der Waals surface area contributed by atoms with E-state index >= 15 is 0 Å². The van der Waals surface area contributed by atoms with Gasteiger partial charge in [0, 0.05) is 12.8 Å². The van der Waals surface area contributed by atoms with Crippen LogP contribution in [-0.2, 0) is 12.8 Å². The zero-order valence-electron chi connectivity index (χ0n) is 20.1. The van der Waals surface area contributed by atoms with Crippen LogP contribution in [0, 0.1) is 0 Å². The van der Waals surface area contributed by atoms with Gasteiger partial charge in [0.05, 0.1) is 0 Å². The van der Waals surface area contributed by atoms with Crippen LogP contribution < -0.4 is 30.1 Å². The largest absolute Gasteiger partial charge is 0.454 e. The highest BCUT2D eigenvalue weighted by molar-refractivity contribution is 7.25. The molecule has 0 saturated heterocycles. The van der Waals surface area contributed by atoms with Gasteiger partial charge in [-0.15, -0.1) is 30.6 Å². The third-order valence-corrected chi connectivity index (χ3v) is 8.25. The number of hydrogen-bond acceptors (Lipinski definition) is 14. The Balaban J connectivity index is 1.10. The van der Waals surface area contributed by atoms with Gasteiger partial charge in [-0.3, -0.25) is 9.59 Å². The summed E-state index contributed by atoms with van der Waals surface area (Å²) in [7, 11) is 0. The van der Waals surface area contributed by atoms with E-state index in [9.17, 15) is 9.59 Å². The van der Waals surface area contributed by atoms with Crippen LogP contribution in [0.15, 0.2) is 46.0 Å². The van der Waals surface area contributed by atoms with Crippen LogP contribution in [-0.4, -0.2) is 53.2 Å². The van der Waals surface area contributed by atoms with Crippen LogP contribution in [0.5, 0.6) is 23.0 Å². The third-order valence-electron chi connectivity index (χ3n) is 6.31. The van der Waals surface area contributed by atoms with Crippen LogP contribution in [0.25, 0.3) is 19.9 Å². The molecule has 0 atom stereocenters. The summed E-state index contributed by atoms with van der Waals surface area (Å²) in [4.78, 5) is 26.9. The normalized spacial score (nSPS) is 13.5. The number of aromatic nitrogens is 8. The van der Waals surface area contributed by atoms with Crippen molar-refractivity contribution in [2.75, 3.05) is 13.6 Å². The highest BCUT2D eigenvalue weighted by atomic mass is 32.1. The molecule has 0 unspecified atom stereocenters. The van der Waals surface area contributed by atoms with Crippen molar-refractivity contribution in [2.24, 2.45) is 0 Å². The summed E-state index contributed by atoms with van der Waals surface area (Å²) < 4.78 is 23.9. The van der Waals surface area contributed by atoms with E-state index in [1.165, 1.54) is 9.03 Å². The third kappa shape index (κ3) is 3.76. The van der Waals surface area contributed by atoms with E-state index in [1.807, 2.05) is 24.3 Å². The van der Waals surface area contributed by atoms with E-state index in [-0.39, 0.29) is 37.8 Å². The number of fused-ring (bicyclic) bond motifs is 4. The lowest BCUT2D eigenvalue weighted by atomic mass is 10.1.